The van der Waals surface area contributed by atoms with Crippen LogP contribution in [0.15, 0.2) is 84.0 Å². The molecule has 0 aliphatic carbocycles. The number of methoxy groups -OCH3 is 2. The molecule has 0 spiro atoms. The van der Waals surface area contributed by atoms with E-state index in [1.165, 1.54) is 19.4 Å². The van der Waals surface area contributed by atoms with Crippen LogP contribution in [-0.4, -0.2) is 32.3 Å². The number of hydrazone groups is 1. The maximum absolute atomic E-state index is 12.1. The van der Waals surface area contributed by atoms with Gasteiger partial charge in [0.05, 0.1) is 20.4 Å². The zero-order valence-corrected chi connectivity index (χ0v) is 17.6. The Labute approximate surface area is 185 Å². The molecular weight excluding hydrogens is 408 g/mol. The minimum Gasteiger partial charge on any atom is -0.497 e. The van der Waals surface area contributed by atoms with Crippen molar-refractivity contribution in [1.82, 2.24) is 5.43 Å². The molecule has 3 rings (SSSR count). The summed E-state index contributed by atoms with van der Waals surface area (Å²) in [6.45, 7) is 0. The number of amides is 1. The van der Waals surface area contributed by atoms with Gasteiger partial charge in [0.2, 0.25) is 0 Å². The maximum Gasteiger partial charge on any atom is 0.336 e. The van der Waals surface area contributed by atoms with Gasteiger partial charge < -0.3 is 14.2 Å². The Morgan fingerprint density at radius 3 is 2.28 bits per heavy atom. The second kappa shape index (κ2) is 11.1. The first-order valence-electron chi connectivity index (χ1n) is 9.69. The van der Waals surface area contributed by atoms with Gasteiger partial charge in [0, 0.05) is 11.6 Å². The smallest absolute Gasteiger partial charge is 0.336 e. The first-order chi connectivity index (χ1) is 15.6. The van der Waals surface area contributed by atoms with Crippen molar-refractivity contribution in [3.63, 3.8) is 0 Å². The predicted molar refractivity (Wildman–Crippen MR) is 122 cm³/mol. The second-order valence-electron chi connectivity index (χ2n) is 6.50. The van der Waals surface area contributed by atoms with Gasteiger partial charge in [-0.2, -0.15) is 5.10 Å². The molecule has 3 aromatic carbocycles. The minimum atomic E-state index is -0.527. The second-order valence-corrected chi connectivity index (χ2v) is 6.50. The number of esters is 1. The van der Waals surface area contributed by atoms with Crippen molar-refractivity contribution in [2.24, 2.45) is 5.10 Å². The highest BCUT2D eigenvalue weighted by Gasteiger charge is 2.09. The number of carbonyl (C=O) groups is 2. The molecule has 0 unspecified atom stereocenters. The quantitative estimate of drug-likeness (QED) is 0.191. The maximum atomic E-state index is 12.1. The van der Waals surface area contributed by atoms with Crippen molar-refractivity contribution in [2.45, 2.75) is 0 Å². The fraction of sp³-hybridized carbons (Fsp3) is 0.0800. The molecule has 0 atom stereocenters. The zero-order chi connectivity index (χ0) is 22.8. The van der Waals surface area contributed by atoms with E-state index in [9.17, 15) is 9.59 Å². The lowest BCUT2D eigenvalue weighted by molar-refractivity contribution is -0.129. The summed E-state index contributed by atoms with van der Waals surface area (Å²) in [5.41, 5.74) is 4.44. The van der Waals surface area contributed by atoms with E-state index in [2.05, 4.69) is 10.5 Å². The Bertz CT molecular complexity index is 1120. The fourth-order valence-electron chi connectivity index (χ4n) is 2.69. The number of hydrogen-bond donors (Lipinski definition) is 1. The summed E-state index contributed by atoms with van der Waals surface area (Å²) in [5, 5.41) is 3.96. The molecule has 32 heavy (non-hydrogen) atoms. The van der Waals surface area contributed by atoms with Crippen LogP contribution in [0.3, 0.4) is 0 Å². The summed E-state index contributed by atoms with van der Waals surface area (Å²) < 4.78 is 15.7. The van der Waals surface area contributed by atoms with Crippen molar-refractivity contribution < 1.29 is 23.8 Å². The molecule has 0 fully saturated rings. The van der Waals surface area contributed by atoms with Crippen LogP contribution in [0.25, 0.3) is 6.08 Å². The first-order valence-corrected chi connectivity index (χ1v) is 9.69. The molecule has 0 aliphatic heterocycles. The Morgan fingerprint density at radius 2 is 1.59 bits per heavy atom. The molecule has 7 heteroatoms. The lowest BCUT2D eigenvalue weighted by Gasteiger charge is -2.08. The normalized spacial score (nSPS) is 10.8. The van der Waals surface area contributed by atoms with Crippen molar-refractivity contribution in [2.75, 3.05) is 14.2 Å². The average Bonchev–Trinajstić information content (AvgIpc) is 2.84. The zero-order valence-electron chi connectivity index (χ0n) is 17.6. The van der Waals surface area contributed by atoms with Crippen molar-refractivity contribution in [1.29, 1.82) is 0 Å². The summed E-state index contributed by atoms with van der Waals surface area (Å²) in [5.74, 6) is 0.409. The summed E-state index contributed by atoms with van der Waals surface area (Å²) in [4.78, 5) is 24.3. The Balaban J connectivity index is 1.60. The van der Waals surface area contributed by atoms with E-state index in [0.29, 0.717) is 22.6 Å². The van der Waals surface area contributed by atoms with Gasteiger partial charge in [-0.15, -0.1) is 0 Å². The lowest BCUT2D eigenvalue weighted by atomic mass is 10.2. The summed E-state index contributed by atoms with van der Waals surface area (Å²) in [6.07, 6.45) is 4.48. The number of nitrogens with zero attached hydrogens (tertiary/aromatic N) is 1. The van der Waals surface area contributed by atoms with Gasteiger partial charge in [0.15, 0.2) is 11.5 Å². The highest BCUT2D eigenvalue weighted by atomic mass is 16.6. The molecule has 162 valence electrons. The van der Waals surface area contributed by atoms with E-state index in [1.54, 1.807) is 55.7 Å². The third kappa shape index (κ3) is 6.30. The molecule has 0 bridgehead atoms. The van der Waals surface area contributed by atoms with Crippen LogP contribution in [0.2, 0.25) is 0 Å². The van der Waals surface area contributed by atoms with Crippen molar-refractivity contribution in [3.8, 4) is 17.2 Å². The number of rotatable bonds is 8. The van der Waals surface area contributed by atoms with Crippen LogP contribution >= 0.6 is 0 Å². The number of hydrogen-bond acceptors (Lipinski definition) is 6. The summed E-state index contributed by atoms with van der Waals surface area (Å²) in [7, 11) is 3.03. The highest BCUT2D eigenvalue weighted by Crippen LogP contribution is 2.27. The summed E-state index contributed by atoms with van der Waals surface area (Å²) >= 11 is 0. The van der Waals surface area contributed by atoms with E-state index in [0.717, 1.165) is 5.56 Å². The largest absolute Gasteiger partial charge is 0.497 e. The molecule has 1 amide bonds. The monoisotopic (exact) mass is 430 g/mol. The number of benzene rings is 3. The van der Waals surface area contributed by atoms with Crippen molar-refractivity contribution >= 4 is 24.2 Å². The van der Waals surface area contributed by atoms with Gasteiger partial charge in [0.1, 0.15) is 5.75 Å². The molecule has 1 N–H and O–H groups in total. The molecule has 0 saturated carbocycles. The molecule has 0 radical (unpaired) electrons. The van der Waals surface area contributed by atoms with Crippen LogP contribution in [-0.2, 0) is 4.79 Å². The fourth-order valence-corrected chi connectivity index (χ4v) is 2.69. The van der Waals surface area contributed by atoms with Gasteiger partial charge in [-0.25, -0.2) is 10.2 Å². The van der Waals surface area contributed by atoms with E-state index in [-0.39, 0.29) is 11.7 Å². The van der Waals surface area contributed by atoms with Gasteiger partial charge in [-0.05, 0) is 59.7 Å². The molecule has 0 aromatic heterocycles. The number of carbonyl (C=O) groups excluding carboxylic acids is 2. The molecular formula is C25H22N2O5. The third-order valence-corrected chi connectivity index (χ3v) is 4.34. The molecule has 0 heterocycles. The van der Waals surface area contributed by atoms with E-state index in [4.69, 9.17) is 14.2 Å². The Hall–Kier alpha value is -4.39. The molecule has 0 saturated heterocycles. The van der Waals surface area contributed by atoms with Crippen LogP contribution in [0, 0.1) is 0 Å². The van der Waals surface area contributed by atoms with Crippen LogP contribution < -0.4 is 19.6 Å². The van der Waals surface area contributed by atoms with Crippen LogP contribution in [0.4, 0.5) is 0 Å². The third-order valence-electron chi connectivity index (χ3n) is 4.34. The van der Waals surface area contributed by atoms with E-state index >= 15 is 0 Å². The SMILES string of the molecule is COc1ccc(C(=O)N/N=C\c2ccc(OC(=O)/C=C/c3ccccc3)c(OC)c2)cc1. The minimum absolute atomic E-state index is 0.273. The van der Waals surface area contributed by atoms with Crippen molar-refractivity contribution in [3.05, 3.63) is 95.6 Å². The topological polar surface area (TPSA) is 86.2 Å². The van der Waals surface area contributed by atoms with Gasteiger partial charge in [0.25, 0.3) is 5.91 Å². The van der Waals surface area contributed by atoms with E-state index in [1.807, 2.05) is 30.3 Å². The Morgan fingerprint density at radius 1 is 0.844 bits per heavy atom. The standard InChI is InChI=1S/C25H22N2O5/c1-30-21-12-10-20(11-13-21)25(29)27-26-17-19-8-14-22(23(16-19)31-2)32-24(28)15-9-18-6-4-3-5-7-18/h3-17H,1-2H3,(H,27,29)/b15-9+,26-17-. The molecule has 0 aliphatic rings. The lowest BCUT2D eigenvalue weighted by Crippen LogP contribution is -2.17. The van der Waals surface area contributed by atoms with Gasteiger partial charge in [-0.3, -0.25) is 4.79 Å². The average molecular weight is 430 g/mol. The van der Waals surface area contributed by atoms with Crippen LogP contribution in [0.5, 0.6) is 17.2 Å². The molecule has 3 aromatic rings. The summed E-state index contributed by atoms with van der Waals surface area (Å²) in [6, 6.07) is 21.0. The van der Waals surface area contributed by atoms with Gasteiger partial charge >= 0.3 is 5.97 Å². The number of ether oxygens (including phenoxy) is 3. The van der Waals surface area contributed by atoms with Crippen LogP contribution in [0.1, 0.15) is 21.5 Å². The highest BCUT2D eigenvalue weighted by molar-refractivity contribution is 5.95. The number of nitrogens with one attached hydrogen (secondary N) is 1. The Kier molecular flexibility index (Phi) is 7.75. The van der Waals surface area contributed by atoms with E-state index < -0.39 is 5.97 Å². The first kappa shape index (κ1) is 22.3. The predicted octanol–water partition coefficient (Wildman–Crippen LogP) is 4.09. The van der Waals surface area contributed by atoms with Gasteiger partial charge in [-0.1, -0.05) is 30.3 Å². The molecule has 7 nitrogen and oxygen atoms in total.